The number of piperazine rings is 1. The molecule has 1 unspecified atom stereocenters. The number of hydrogen-bond donors (Lipinski definition) is 1. The Morgan fingerprint density at radius 2 is 1.70 bits per heavy atom. The number of rotatable bonds is 8. The predicted octanol–water partition coefficient (Wildman–Crippen LogP) is 5.18. The number of nitro groups is 1. The normalized spacial score (nSPS) is 16.2. The Hall–Kier alpha value is -4.09. The number of methoxy groups -OCH3 is 1. The summed E-state index contributed by atoms with van der Waals surface area (Å²) >= 11 is 0. The molecule has 2 heterocycles. The van der Waals surface area contributed by atoms with Crippen molar-refractivity contribution < 1.29 is 27.9 Å². The number of nitrogens with zero attached hydrogens (tertiary/aromatic N) is 4. The smallest absolute Gasteiger partial charge is 0.422 e. The van der Waals surface area contributed by atoms with Crippen LogP contribution in [0.1, 0.15) is 11.1 Å². The molecule has 1 N–H and O–H groups in total. The number of aromatic nitrogens is 1. The molecule has 210 valence electrons. The molecule has 11 heteroatoms. The first-order valence-electron chi connectivity index (χ1n) is 12.8. The standard InChI is InChI=1S/C29H29F3N4O4/c1-40-24-9-5-8-22(16-24)34-14-12-33(13-15-34)20-28(37,29(30,31)32)26-19-35(18-21-6-3-2-4-7-21)27-17-23(36(38)39)10-11-25(26)27/h2-11,16-17,19,37H,12-15,18,20H2,1H3. The third-order valence-electron chi connectivity index (χ3n) is 7.43. The molecule has 0 bridgehead atoms. The molecular weight excluding hydrogens is 525 g/mol. The van der Waals surface area contributed by atoms with Crippen LogP contribution < -0.4 is 9.64 Å². The van der Waals surface area contributed by atoms with Gasteiger partial charge in [0.05, 0.1) is 17.5 Å². The summed E-state index contributed by atoms with van der Waals surface area (Å²) < 4.78 is 51.0. The lowest BCUT2D eigenvalue weighted by Crippen LogP contribution is -2.55. The highest BCUT2D eigenvalue weighted by molar-refractivity contribution is 5.87. The highest BCUT2D eigenvalue weighted by atomic mass is 19.4. The zero-order valence-electron chi connectivity index (χ0n) is 21.8. The molecule has 1 saturated heterocycles. The number of halogens is 3. The van der Waals surface area contributed by atoms with E-state index < -0.39 is 23.2 Å². The number of hydrogen-bond acceptors (Lipinski definition) is 6. The number of fused-ring (bicyclic) bond motifs is 1. The maximum atomic E-state index is 14.7. The second-order valence-corrected chi connectivity index (χ2v) is 9.94. The van der Waals surface area contributed by atoms with Crippen molar-refractivity contribution >= 4 is 22.3 Å². The van der Waals surface area contributed by atoms with Crippen molar-refractivity contribution in [3.63, 3.8) is 0 Å². The zero-order valence-corrected chi connectivity index (χ0v) is 21.8. The summed E-state index contributed by atoms with van der Waals surface area (Å²) in [5, 5.41) is 23.0. The summed E-state index contributed by atoms with van der Waals surface area (Å²) in [6.07, 6.45) is -3.72. The number of ether oxygens (including phenoxy) is 1. The molecule has 0 aliphatic carbocycles. The third kappa shape index (κ3) is 5.34. The van der Waals surface area contributed by atoms with Gasteiger partial charge in [-0.3, -0.25) is 15.0 Å². The number of anilines is 1. The molecule has 0 radical (unpaired) electrons. The van der Waals surface area contributed by atoms with Crippen molar-refractivity contribution in [2.24, 2.45) is 0 Å². The van der Waals surface area contributed by atoms with E-state index >= 15 is 0 Å². The molecular formula is C29H29F3N4O4. The lowest BCUT2D eigenvalue weighted by molar-refractivity contribution is -0.384. The van der Waals surface area contributed by atoms with Gasteiger partial charge < -0.3 is 19.3 Å². The van der Waals surface area contributed by atoms with E-state index in [2.05, 4.69) is 4.90 Å². The van der Waals surface area contributed by atoms with Gasteiger partial charge in [-0.2, -0.15) is 13.2 Å². The van der Waals surface area contributed by atoms with E-state index in [0.717, 1.165) is 11.3 Å². The van der Waals surface area contributed by atoms with Crippen LogP contribution in [0.25, 0.3) is 10.9 Å². The molecule has 1 atom stereocenters. The molecule has 0 saturated carbocycles. The maximum absolute atomic E-state index is 14.7. The fourth-order valence-corrected chi connectivity index (χ4v) is 5.26. The van der Waals surface area contributed by atoms with E-state index in [9.17, 15) is 28.4 Å². The quantitative estimate of drug-likeness (QED) is 0.239. The summed E-state index contributed by atoms with van der Waals surface area (Å²) in [6.45, 7) is 1.09. The highest BCUT2D eigenvalue weighted by Gasteiger charge is 2.57. The Balaban J connectivity index is 1.47. The predicted molar refractivity (Wildman–Crippen MR) is 146 cm³/mol. The Morgan fingerprint density at radius 1 is 0.975 bits per heavy atom. The summed E-state index contributed by atoms with van der Waals surface area (Å²) in [6, 6.07) is 20.3. The fraction of sp³-hybridized carbons (Fsp3) is 0.310. The van der Waals surface area contributed by atoms with Gasteiger partial charge in [0, 0.05) is 80.3 Å². The largest absolute Gasteiger partial charge is 0.497 e. The average molecular weight is 555 g/mol. The number of nitro benzene ring substituents is 1. The molecule has 40 heavy (non-hydrogen) atoms. The van der Waals surface area contributed by atoms with Gasteiger partial charge in [-0.25, -0.2) is 0 Å². The van der Waals surface area contributed by atoms with Gasteiger partial charge in [-0.15, -0.1) is 0 Å². The molecule has 4 aromatic rings. The number of β-amino-alcohol motifs (C(OH)–C–C–N with tert-alkyl or cyclic N) is 1. The van der Waals surface area contributed by atoms with E-state index in [1.165, 1.54) is 29.0 Å². The van der Waals surface area contributed by atoms with Gasteiger partial charge in [-0.05, 0) is 23.8 Å². The van der Waals surface area contributed by atoms with Crippen LogP contribution in [0, 0.1) is 10.1 Å². The van der Waals surface area contributed by atoms with E-state index in [1.54, 1.807) is 12.0 Å². The first-order valence-corrected chi connectivity index (χ1v) is 12.8. The first kappa shape index (κ1) is 27.5. The van der Waals surface area contributed by atoms with Crippen molar-refractivity contribution in [2.75, 3.05) is 44.7 Å². The third-order valence-corrected chi connectivity index (χ3v) is 7.43. The highest BCUT2D eigenvalue weighted by Crippen LogP contribution is 2.44. The molecule has 1 aliphatic heterocycles. The maximum Gasteiger partial charge on any atom is 0.422 e. The van der Waals surface area contributed by atoms with E-state index in [0.29, 0.717) is 31.9 Å². The summed E-state index contributed by atoms with van der Waals surface area (Å²) in [7, 11) is 1.57. The number of aliphatic hydroxyl groups is 1. The van der Waals surface area contributed by atoms with Gasteiger partial charge in [0.2, 0.25) is 5.60 Å². The molecule has 1 aliphatic rings. The summed E-state index contributed by atoms with van der Waals surface area (Å²) in [4.78, 5) is 14.5. The Kier molecular flexibility index (Phi) is 7.43. The number of benzene rings is 3. The fourth-order valence-electron chi connectivity index (χ4n) is 5.26. The molecule has 0 spiro atoms. The van der Waals surface area contributed by atoms with E-state index in [-0.39, 0.29) is 28.7 Å². The lowest BCUT2D eigenvalue weighted by atomic mass is 9.91. The van der Waals surface area contributed by atoms with Gasteiger partial charge in [0.25, 0.3) is 5.69 Å². The van der Waals surface area contributed by atoms with Crippen molar-refractivity contribution in [2.45, 2.75) is 18.3 Å². The summed E-state index contributed by atoms with van der Waals surface area (Å²) in [5.41, 5.74) is -1.79. The Morgan fingerprint density at radius 3 is 2.35 bits per heavy atom. The Labute approximate surface area is 229 Å². The van der Waals surface area contributed by atoms with Crippen LogP contribution in [0.5, 0.6) is 5.75 Å². The van der Waals surface area contributed by atoms with Crippen molar-refractivity contribution in [3.05, 3.63) is 100 Å². The second-order valence-electron chi connectivity index (χ2n) is 9.94. The molecule has 1 fully saturated rings. The molecule has 1 aromatic heterocycles. The van der Waals surface area contributed by atoms with Crippen LogP contribution in [0.2, 0.25) is 0 Å². The minimum atomic E-state index is -5.00. The second kappa shape index (κ2) is 10.8. The first-order chi connectivity index (χ1) is 19.1. The van der Waals surface area contributed by atoms with E-state index in [4.69, 9.17) is 4.74 Å². The van der Waals surface area contributed by atoms with Crippen molar-refractivity contribution in [3.8, 4) is 5.75 Å². The van der Waals surface area contributed by atoms with Crippen LogP contribution in [0.4, 0.5) is 24.5 Å². The van der Waals surface area contributed by atoms with Crippen LogP contribution >= 0.6 is 0 Å². The lowest BCUT2D eigenvalue weighted by Gasteiger charge is -2.40. The van der Waals surface area contributed by atoms with E-state index in [1.807, 2.05) is 54.6 Å². The number of alkyl halides is 3. The molecule has 5 rings (SSSR count). The monoisotopic (exact) mass is 554 g/mol. The molecule has 8 nitrogen and oxygen atoms in total. The minimum absolute atomic E-state index is 0.122. The molecule has 0 amide bonds. The van der Waals surface area contributed by atoms with Crippen LogP contribution in [-0.2, 0) is 12.1 Å². The van der Waals surface area contributed by atoms with Crippen LogP contribution in [0.3, 0.4) is 0 Å². The zero-order chi connectivity index (χ0) is 28.5. The minimum Gasteiger partial charge on any atom is -0.497 e. The Bertz CT molecular complexity index is 1500. The van der Waals surface area contributed by atoms with Gasteiger partial charge >= 0.3 is 6.18 Å². The van der Waals surface area contributed by atoms with Crippen molar-refractivity contribution in [1.82, 2.24) is 9.47 Å². The van der Waals surface area contributed by atoms with Gasteiger partial charge in [0.1, 0.15) is 5.75 Å². The number of non-ortho nitro benzene ring substituents is 1. The van der Waals surface area contributed by atoms with Gasteiger partial charge in [-0.1, -0.05) is 36.4 Å². The topological polar surface area (TPSA) is 84.0 Å². The van der Waals surface area contributed by atoms with Crippen LogP contribution in [0.15, 0.2) is 79.0 Å². The van der Waals surface area contributed by atoms with Gasteiger partial charge in [0.15, 0.2) is 0 Å². The summed E-state index contributed by atoms with van der Waals surface area (Å²) in [5.74, 6) is 0.693. The SMILES string of the molecule is COc1cccc(N2CCN(CC(O)(c3cn(Cc4ccccc4)c4cc([N+](=O)[O-])ccc34)C(F)(F)F)CC2)c1. The molecule has 3 aromatic carbocycles. The average Bonchev–Trinajstić information content (AvgIpc) is 3.31. The van der Waals surface area contributed by atoms with Crippen LogP contribution in [-0.4, -0.2) is 65.5 Å². The van der Waals surface area contributed by atoms with Crippen molar-refractivity contribution in [1.29, 1.82) is 0 Å².